The van der Waals surface area contributed by atoms with Crippen molar-refractivity contribution in [1.29, 1.82) is 5.41 Å². The van der Waals surface area contributed by atoms with Gasteiger partial charge in [-0.15, -0.1) is 0 Å². The summed E-state index contributed by atoms with van der Waals surface area (Å²) < 4.78 is 7.43. The van der Waals surface area contributed by atoms with Crippen LogP contribution in [-0.4, -0.2) is 41.0 Å². The van der Waals surface area contributed by atoms with Crippen molar-refractivity contribution in [2.75, 3.05) is 13.7 Å². The second-order valence-corrected chi connectivity index (χ2v) is 11.3. The summed E-state index contributed by atoms with van der Waals surface area (Å²) in [5.74, 6) is -0.590. The van der Waals surface area contributed by atoms with Crippen molar-refractivity contribution in [2.24, 2.45) is 11.7 Å². The molecule has 1 heterocycles. The number of carbonyl (C=O) groups excluding carboxylic acids is 1. The van der Waals surface area contributed by atoms with Gasteiger partial charge in [0.05, 0.1) is 12.7 Å². The molecule has 0 aliphatic carbocycles. The van der Waals surface area contributed by atoms with Gasteiger partial charge in [0.25, 0.3) is 5.91 Å². The molecule has 5 rings (SSSR count). The number of aromatic carboxylic acids is 1. The molecule has 224 valence electrons. The lowest BCUT2D eigenvalue weighted by atomic mass is 9.93. The summed E-state index contributed by atoms with van der Waals surface area (Å²) in [6.45, 7) is 5.00. The first-order chi connectivity index (χ1) is 21.1. The van der Waals surface area contributed by atoms with Gasteiger partial charge in [-0.25, -0.2) is 4.79 Å². The van der Waals surface area contributed by atoms with E-state index in [0.29, 0.717) is 47.5 Å². The van der Waals surface area contributed by atoms with E-state index in [1.54, 1.807) is 24.3 Å². The molecule has 4 aromatic carbocycles. The number of nitrogens with one attached hydrogen (secondary N) is 2. The lowest BCUT2D eigenvalue weighted by molar-refractivity contribution is 0.0697. The van der Waals surface area contributed by atoms with Crippen molar-refractivity contribution < 1.29 is 19.4 Å². The second kappa shape index (κ2) is 12.9. The molecule has 0 atom stereocenters. The number of nitrogens with zero attached hydrogens (tertiary/aromatic N) is 1. The number of methoxy groups -OCH3 is 1. The number of hydrogen-bond acceptors (Lipinski definition) is 4. The number of aromatic nitrogens is 1. The maximum absolute atomic E-state index is 13.1. The number of ether oxygens (including phenoxy) is 1. The maximum Gasteiger partial charge on any atom is 0.336 e. The van der Waals surface area contributed by atoms with Crippen LogP contribution in [-0.2, 0) is 13.0 Å². The fraction of sp³-hybridized carbons (Fsp3) is 0.194. The number of amides is 1. The van der Waals surface area contributed by atoms with Crippen LogP contribution >= 0.6 is 0 Å². The number of hydrogen-bond donors (Lipinski definition) is 4. The Kier molecular flexibility index (Phi) is 8.81. The van der Waals surface area contributed by atoms with Crippen molar-refractivity contribution in [3.63, 3.8) is 0 Å². The van der Waals surface area contributed by atoms with Crippen molar-refractivity contribution in [3.8, 4) is 16.9 Å². The molecule has 0 spiro atoms. The number of carbonyl (C=O) groups is 2. The minimum Gasteiger partial charge on any atom is -0.497 e. The minimum atomic E-state index is -1.09. The fourth-order valence-electron chi connectivity index (χ4n) is 5.38. The zero-order chi connectivity index (χ0) is 31.4. The molecule has 0 radical (unpaired) electrons. The van der Waals surface area contributed by atoms with E-state index in [9.17, 15) is 14.7 Å². The summed E-state index contributed by atoms with van der Waals surface area (Å²) in [5.41, 5.74) is 12.2. The Morgan fingerprint density at radius 2 is 1.68 bits per heavy atom. The molecule has 5 N–H and O–H groups in total. The first-order valence-corrected chi connectivity index (χ1v) is 14.5. The van der Waals surface area contributed by atoms with Gasteiger partial charge in [-0.05, 0) is 88.7 Å². The summed E-state index contributed by atoms with van der Waals surface area (Å²) in [7, 11) is 1.49. The standard InChI is InChI=1S/C36H36N4O4/c1-22(2)19-39-35(41)25-9-10-26(30(17-25)29-13-12-28(44-3)18-32(29)36(42)43)20-40-21-27(15-23-7-5-4-6-8-23)31-16-24(34(37)38)11-14-33(31)40/h4-14,16-18,21-22H,15,19-20H2,1-3H3,(H3,37,38)(H,39,41)(H,42,43). The lowest BCUT2D eigenvalue weighted by Gasteiger charge is -2.17. The Labute approximate surface area is 256 Å². The zero-order valence-corrected chi connectivity index (χ0v) is 25.1. The number of carboxylic acids is 1. The summed E-state index contributed by atoms with van der Waals surface area (Å²) in [6, 6.07) is 26.3. The van der Waals surface area contributed by atoms with Crippen LogP contribution in [0.3, 0.4) is 0 Å². The van der Waals surface area contributed by atoms with Crippen LogP contribution in [0.25, 0.3) is 22.0 Å². The highest BCUT2D eigenvalue weighted by atomic mass is 16.5. The van der Waals surface area contributed by atoms with Crippen molar-refractivity contribution >= 4 is 28.6 Å². The summed E-state index contributed by atoms with van der Waals surface area (Å²) >= 11 is 0. The smallest absolute Gasteiger partial charge is 0.336 e. The predicted octanol–water partition coefficient (Wildman–Crippen LogP) is 6.32. The van der Waals surface area contributed by atoms with Gasteiger partial charge < -0.3 is 25.5 Å². The van der Waals surface area contributed by atoms with Gasteiger partial charge in [0.15, 0.2) is 0 Å². The van der Waals surface area contributed by atoms with Crippen LogP contribution in [0, 0.1) is 11.3 Å². The Balaban J connectivity index is 1.65. The number of rotatable bonds is 11. The molecule has 0 aliphatic heterocycles. The van der Waals surface area contributed by atoms with Crippen LogP contribution in [0.4, 0.5) is 0 Å². The molecule has 8 nitrogen and oxygen atoms in total. The summed E-state index contributed by atoms with van der Waals surface area (Å²) in [6.07, 6.45) is 2.79. The highest BCUT2D eigenvalue weighted by Crippen LogP contribution is 2.33. The zero-order valence-electron chi connectivity index (χ0n) is 25.1. The largest absolute Gasteiger partial charge is 0.497 e. The molecule has 0 bridgehead atoms. The van der Waals surface area contributed by atoms with E-state index in [4.69, 9.17) is 15.9 Å². The van der Waals surface area contributed by atoms with E-state index in [-0.39, 0.29) is 23.2 Å². The van der Waals surface area contributed by atoms with Gasteiger partial charge in [-0.3, -0.25) is 10.2 Å². The lowest BCUT2D eigenvalue weighted by Crippen LogP contribution is -2.27. The van der Waals surface area contributed by atoms with E-state index >= 15 is 0 Å². The topological polar surface area (TPSA) is 130 Å². The van der Waals surface area contributed by atoms with Crippen molar-refractivity contribution in [2.45, 2.75) is 26.8 Å². The first kappa shape index (κ1) is 30.1. The minimum absolute atomic E-state index is 0.000338. The van der Waals surface area contributed by atoms with E-state index in [1.807, 2.05) is 56.3 Å². The molecule has 0 unspecified atom stereocenters. The van der Waals surface area contributed by atoms with Crippen LogP contribution in [0.5, 0.6) is 5.75 Å². The second-order valence-electron chi connectivity index (χ2n) is 11.3. The Bertz CT molecular complexity index is 1860. The van der Waals surface area contributed by atoms with E-state index in [2.05, 4.69) is 28.2 Å². The molecule has 8 heteroatoms. The van der Waals surface area contributed by atoms with Gasteiger partial charge in [0.2, 0.25) is 0 Å². The van der Waals surface area contributed by atoms with Gasteiger partial charge in [-0.1, -0.05) is 50.2 Å². The van der Waals surface area contributed by atoms with E-state index in [0.717, 1.165) is 27.6 Å². The number of benzene rings is 4. The van der Waals surface area contributed by atoms with Gasteiger partial charge in [0.1, 0.15) is 11.6 Å². The predicted molar refractivity (Wildman–Crippen MR) is 174 cm³/mol. The molecular formula is C36H36N4O4. The third kappa shape index (κ3) is 6.49. The molecule has 44 heavy (non-hydrogen) atoms. The van der Waals surface area contributed by atoms with Crippen LogP contribution in [0.2, 0.25) is 0 Å². The molecule has 1 amide bonds. The molecule has 0 aliphatic rings. The Morgan fingerprint density at radius 1 is 0.932 bits per heavy atom. The van der Waals surface area contributed by atoms with E-state index in [1.165, 1.54) is 13.2 Å². The Morgan fingerprint density at radius 3 is 2.36 bits per heavy atom. The number of nitrogens with two attached hydrogens (primary N) is 1. The molecule has 0 saturated heterocycles. The molecule has 1 aromatic heterocycles. The number of amidine groups is 1. The normalized spacial score (nSPS) is 11.1. The third-order valence-corrected chi connectivity index (χ3v) is 7.64. The highest BCUT2D eigenvalue weighted by molar-refractivity contribution is 6.01. The van der Waals surface area contributed by atoms with Crippen LogP contribution in [0.15, 0.2) is 91.1 Å². The molecule has 5 aromatic rings. The van der Waals surface area contributed by atoms with Gasteiger partial charge in [-0.2, -0.15) is 0 Å². The average Bonchev–Trinajstić information content (AvgIpc) is 3.35. The van der Waals surface area contributed by atoms with Crippen molar-refractivity contribution in [3.05, 3.63) is 125 Å². The van der Waals surface area contributed by atoms with E-state index < -0.39 is 5.97 Å². The van der Waals surface area contributed by atoms with Crippen molar-refractivity contribution in [1.82, 2.24) is 9.88 Å². The SMILES string of the molecule is COc1ccc(-c2cc(C(=O)NCC(C)C)ccc2Cn2cc(Cc3ccccc3)c3cc(C(=N)N)ccc32)c(C(=O)O)c1. The molecule has 0 fully saturated rings. The summed E-state index contributed by atoms with van der Waals surface area (Å²) in [4.78, 5) is 25.5. The number of nitrogen functional groups attached to an aromatic ring is 1. The Hall–Kier alpha value is -5.37. The fourth-order valence-corrected chi connectivity index (χ4v) is 5.38. The number of carboxylic acid groups (broad SMARTS) is 1. The van der Waals surface area contributed by atoms with Gasteiger partial charge >= 0.3 is 5.97 Å². The quantitative estimate of drug-likeness (QED) is 0.106. The molecular weight excluding hydrogens is 552 g/mol. The van der Waals surface area contributed by atoms with Crippen LogP contribution < -0.4 is 15.8 Å². The van der Waals surface area contributed by atoms with Gasteiger partial charge in [0, 0.05) is 41.3 Å². The third-order valence-electron chi connectivity index (χ3n) is 7.64. The first-order valence-electron chi connectivity index (χ1n) is 14.5. The molecule has 0 saturated carbocycles. The average molecular weight is 589 g/mol. The monoisotopic (exact) mass is 588 g/mol. The summed E-state index contributed by atoms with van der Waals surface area (Å²) in [5, 5.41) is 22.1. The number of fused-ring (bicyclic) bond motifs is 1. The maximum atomic E-state index is 13.1. The highest BCUT2D eigenvalue weighted by Gasteiger charge is 2.20. The van der Waals surface area contributed by atoms with Crippen LogP contribution in [0.1, 0.15) is 56.8 Å².